The molecule has 31 heavy (non-hydrogen) atoms. The molecule has 168 valence electrons. The fraction of sp³-hybridized carbons (Fsp3) is 0.435. The van der Waals surface area contributed by atoms with Crippen LogP contribution in [0.5, 0.6) is 11.5 Å². The first-order valence-corrected chi connectivity index (χ1v) is 12.0. The second kappa shape index (κ2) is 10.6. The van der Waals surface area contributed by atoms with Crippen molar-refractivity contribution in [3.8, 4) is 11.5 Å². The standard InChI is InChI=1S/C23H30N2O5S/c1-18(19-7-9-20(29-2)10-8-19)24-23(26)17-30-21-11-13-22(14-12-21)31(27,28)25-15-5-3-4-6-16-25/h7-14,18H,3-6,15-17H2,1-2H3,(H,24,26)/t18-/m0/s1. The first kappa shape index (κ1) is 23.1. The molecule has 3 rings (SSSR count). The van der Waals surface area contributed by atoms with Crippen LogP contribution >= 0.6 is 0 Å². The van der Waals surface area contributed by atoms with Gasteiger partial charge >= 0.3 is 0 Å². The Bertz CT molecular complexity index is 950. The lowest BCUT2D eigenvalue weighted by Gasteiger charge is -2.20. The molecular formula is C23H30N2O5S. The molecule has 1 saturated heterocycles. The molecule has 0 bridgehead atoms. The van der Waals surface area contributed by atoms with Gasteiger partial charge in [-0.25, -0.2) is 8.42 Å². The van der Waals surface area contributed by atoms with Crippen LogP contribution in [0.1, 0.15) is 44.2 Å². The topological polar surface area (TPSA) is 84.9 Å². The van der Waals surface area contributed by atoms with Crippen molar-refractivity contribution in [2.75, 3.05) is 26.8 Å². The maximum Gasteiger partial charge on any atom is 0.258 e. The summed E-state index contributed by atoms with van der Waals surface area (Å²) in [5.74, 6) is 0.943. The van der Waals surface area contributed by atoms with Crippen LogP contribution in [-0.2, 0) is 14.8 Å². The maximum atomic E-state index is 12.8. The predicted octanol–water partition coefficient (Wildman–Crippen LogP) is 3.52. The molecule has 0 aromatic heterocycles. The minimum absolute atomic E-state index is 0.154. The molecule has 1 N–H and O–H groups in total. The van der Waals surface area contributed by atoms with E-state index in [-0.39, 0.29) is 23.5 Å². The number of benzene rings is 2. The molecule has 0 saturated carbocycles. The fourth-order valence-corrected chi connectivity index (χ4v) is 5.06. The van der Waals surface area contributed by atoms with Gasteiger partial charge in [0.05, 0.1) is 18.0 Å². The van der Waals surface area contributed by atoms with Gasteiger partial charge in [-0.15, -0.1) is 0 Å². The third kappa shape index (κ3) is 6.21. The van der Waals surface area contributed by atoms with Gasteiger partial charge in [0.2, 0.25) is 10.0 Å². The Kier molecular flexibility index (Phi) is 7.92. The molecule has 0 radical (unpaired) electrons. The second-order valence-electron chi connectivity index (χ2n) is 7.64. The van der Waals surface area contributed by atoms with Gasteiger partial charge in [-0.3, -0.25) is 4.79 Å². The summed E-state index contributed by atoms with van der Waals surface area (Å²) in [5.41, 5.74) is 0.956. The zero-order valence-corrected chi connectivity index (χ0v) is 18.9. The molecule has 0 aliphatic carbocycles. The summed E-state index contributed by atoms with van der Waals surface area (Å²) in [6.07, 6.45) is 3.92. The number of nitrogens with zero attached hydrogens (tertiary/aromatic N) is 1. The smallest absolute Gasteiger partial charge is 0.258 e. The van der Waals surface area contributed by atoms with Crippen LogP contribution in [-0.4, -0.2) is 45.4 Å². The van der Waals surface area contributed by atoms with Gasteiger partial charge in [0.25, 0.3) is 5.91 Å². The maximum absolute atomic E-state index is 12.8. The van der Waals surface area contributed by atoms with Crippen LogP contribution in [0, 0.1) is 0 Å². The van der Waals surface area contributed by atoms with E-state index in [1.165, 1.54) is 12.1 Å². The van der Waals surface area contributed by atoms with Gasteiger partial charge in [0, 0.05) is 13.1 Å². The van der Waals surface area contributed by atoms with Gasteiger partial charge in [0.1, 0.15) is 11.5 Å². The number of nitrogens with one attached hydrogen (secondary N) is 1. The number of sulfonamides is 1. The van der Waals surface area contributed by atoms with Gasteiger partial charge in [-0.05, 0) is 61.7 Å². The fourth-order valence-electron chi connectivity index (χ4n) is 3.55. The van der Waals surface area contributed by atoms with E-state index in [9.17, 15) is 13.2 Å². The third-order valence-corrected chi connectivity index (χ3v) is 7.30. The summed E-state index contributed by atoms with van der Waals surface area (Å²) in [6, 6.07) is 13.5. The molecule has 8 heteroatoms. The largest absolute Gasteiger partial charge is 0.497 e. The molecular weight excluding hydrogens is 416 g/mol. The number of hydrogen-bond acceptors (Lipinski definition) is 5. The third-order valence-electron chi connectivity index (χ3n) is 5.39. The van der Waals surface area contributed by atoms with Gasteiger partial charge in [0.15, 0.2) is 6.61 Å². The summed E-state index contributed by atoms with van der Waals surface area (Å²) in [4.78, 5) is 12.5. The summed E-state index contributed by atoms with van der Waals surface area (Å²) >= 11 is 0. The first-order chi connectivity index (χ1) is 14.9. The summed E-state index contributed by atoms with van der Waals surface area (Å²) in [7, 11) is -1.89. The zero-order chi connectivity index (χ0) is 22.3. The molecule has 0 spiro atoms. The van der Waals surface area contributed by atoms with E-state index in [4.69, 9.17) is 9.47 Å². The first-order valence-electron chi connectivity index (χ1n) is 10.6. The van der Waals surface area contributed by atoms with E-state index < -0.39 is 10.0 Å². The van der Waals surface area contributed by atoms with Crippen molar-refractivity contribution in [2.45, 2.75) is 43.5 Å². The van der Waals surface area contributed by atoms with Crippen LogP contribution in [0.2, 0.25) is 0 Å². The molecule has 2 aromatic rings. The normalized spacial score (nSPS) is 16.2. The number of amides is 1. The Labute approximate surface area is 184 Å². The number of ether oxygens (including phenoxy) is 2. The predicted molar refractivity (Wildman–Crippen MR) is 119 cm³/mol. The highest BCUT2D eigenvalue weighted by Crippen LogP contribution is 2.22. The minimum Gasteiger partial charge on any atom is -0.497 e. The van der Waals surface area contributed by atoms with Crippen LogP contribution in [0.15, 0.2) is 53.4 Å². The lowest BCUT2D eigenvalue weighted by Crippen LogP contribution is -2.32. The summed E-state index contributed by atoms with van der Waals surface area (Å²) in [5, 5.41) is 2.88. The quantitative estimate of drug-likeness (QED) is 0.671. The van der Waals surface area contributed by atoms with Gasteiger partial charge in [-0.2, -0.15) is 4.31 Å². The van der Waals surface area contributed by atoms with Crippen molar-refractivity contribution in [3.05, 3.63) is 54.1 Å². The Hall–Kier alpha value is -2.58. The molecule has 1 aliphatic rings. The van der Waals surface area contributed by atoms with Crippen molar-refractivity contribution < 1.29 is 22.7 Å². The number of rotatable bonds is 8. The lowest BCUT2D eigenvalue weighted by atomic mass is 10.1. The van der Waals surface area contributed by atoms with Gasteiger partial charge < -0.3 is 14.8 Å². The van der Waals surface area contributed by atoms with E-state index in [2.05, 4.69) is 5.32 Å². The van der Waals surface area contributed by atoms with Crippen molar-refractivity contribution in [1.29, 1.82) is 0 Å². The summed E-state index contributed by atoms with van der Waals surface area (Å²) < 4.78 is 37.9. The average molecular weight is 447 g/mol. The number of carbonyl (C=O) groups excluding carboxylic acids is 1. The van der Waals surface area contributed by atoms with E-state index in [1.54, 1.807) is 23.5 Å². The Morgan fingerprint density at radius 3 is 2.13 bits per heavy atom. The van der Waals surface area contributed by atoms with Crippen LogP contribution in [0.3, 0.4) is 0 Å². The van der Waals surface area contributed by atoms with Crippen LogP contribution in [0.25, 0.3) is 0 Å². The molecule has 1 heterocycles. The zero-order valence-electron chi connectivity index (χ0n) is 18.0. The molecule has 7 nitrogen and oxygen atoms in total. The molecule has 1 fully saturated rings. The van der Waals surface area contributed by atoms with Crippen molar-refractivity contribution in [3.63, 3.8) is 0 Å². The number of hydrogen-bond donors (Lipinski definition) is 1. The molecule has 1 atom stereocenters. The highest BCUT2D eigenvalue weighted by atomic mass is 32.2. The molecule has 1 aliphatic heterocycles. The van der Waals surface area contributed by atoms with Gasteiger partial charge in [-0.1, -0.05) is 25.0 Å². The molecule has 0 unspecified atom stereocenters. The number of carbonyl (C=O) groups is 1. The number of methoxy groups -OCH3 is 1. The van der Waals surface area contributed by atoms with E-state index in [1.807, 2.05) is 31.2 Å². The molecule has 1 amide bonds. The van der Waals surface area contributed by atoms with E-state index in [0.29, 0.717) is 18.8 Å². The Morgan fingerprint density at radius 2 is 1.55 bits per heavy atom. The van der Waals surface area contributed by atoms with Crippen LogP contribution in [0.4, 0.5) is 0 Å². The van der Waals surface area contributed by atoms with Crippen molar-refractivity contribution in [1.82, 2.24) is 9.62 Å². The highest BCUT2D eigenvalue weighted by Gasteiger charge is 2.25. The van der Waals surface area contributed by atoms with Crippen LogP contribution < -0.4 is 14.8 Å². The van der Waals surface area contributed by atoms with E-state index in [0.717, 1.165) is 37.0 Å². The minimum atomic E-state index is -3.50. The average Bonchev–Trinajstić information content (AvgIpc) is 3.08. The van der Waals surface area contributed by atoms with Crippen molar-refractivity contribution >= 4 is 15.9 Å². The highest BCUT2D eigenvalue weighted by molar-refractivity contribution is 7.89. The SMILES string of the molecule is COc1ccc([C@H](C)NC(=O)COc2ccc(S(=O)(=O)N3CCCCCC3)cc2)cc1. The lowest BCUT2D eigenvalue weighted by molar-refractivity contribution is -0.123. The molecule has 2 aromatic carbocycles. The summed E-state index contributed by atoms with van der Waals surface area (Å²) in [6.45, 7) is 2.86. The monoisotopic (exact) mass is 446 g/mol. The van der Waals surface area contributed by atoms with E-state index >= 15 is 0 Å². The Balaban J connectivity index is 1.52. The van der Waals surface area contributed by atoms with Crippen molar-refractivity contribution in [2.24, 2.45) is 0 Å². The second-order valence-corrected chi connectivity index (χ2v) is 9.58. The Morgan fingerprint density at radius 1 is 0.968 bits per heavy atom.